The molecule has 1 N–H and O–H groups in total. The summed E-state index contributed by atoms with van der Waals surface area (Å²) in [6.07, 6.45) is -0.0183. The minimum Gasteiger partial charge on any atom is -0.359 e. The Bertz CT molecular complexity index is 3780. The largest absolute Gasteiger partial charge is 0.359 e. The lowest BCUT2D eigenvalue weighted by atomic mass is 9.87. The number of nitrogens with zero attached hydrogens (tertiary/aromatic N) is 2. The van der Waals surface area contributed by atoms with Gasteiger partial charge in [0.05, 0.1) is 22.6 Å². The predicted octanol–water partition coefficient (Wildman–Crippen LogP) is 16.3. The van der Waals surface area contributed by atoms with Crippen LogP contribution in [-0.2, 0) is 0 Å². The molecule has 0 radical (unpaired) electrons. The summed E-state index contributed by atoms with van der Waals surface area (Å²) in [4.78, 5) is 8.12. The number of hydrogen-bond acceptors (Lipinski definition) is 3. The van der Waals surface area contributed by atoms with E-state index in [2.05, 4.69) is 235 Å². The van der Waals surface area contributed by atoms with E-state index in [1.54, 1.807) is 0 Å². The summed E-state index contributed by atoms with van der Waals surface area (Å²) in [6, 6.07) is 81.9. The van der Waals surface area contributed by atoms with Crippen LogP contribution in [0, 0.1) is 0 Å². The molecule has 0 spiro atoms. The van der Waals surface area contributed by atoms with Gasteiger partial charge in [-0.2, -0.15) is 0 Å². The predicted molar refractivity (Wildman–Crippen MR) is 267 cm³/mol. The van der Waals surface area contributed by atoms with Gasteiger partial charge in [-0.1, -0.05) is 176 Å². The van der Waals surface area contributed by atoms with Crippen LogP contribution in [0.4, 0.5) is 17.1 Å². The first-order chi connectivity index (χ1) is 31.2. The van der Waals surface area contributed by atoms with Gasteiger partial charge in [0, 0.05) is 22.0 Å². The number of benzene rings is 11. The minimum atomic E-state index is -0.0183. The van der Waals surface area contributed by atoms with Gasteiger partial charge < -0.3 is 10.2 Å². The van der Waals surface area contributed by atoms with Crippen LogP contribution < -0.4 is 10.2 Å². The maximum absolute atomic E-state index is 5.71. The fraction of sp³-hybridized carbons (Fsp3) is 0.0167. The zero-order valence-electron chi connectivity index (χ0n) is 34.3. The van der Waals surface area contributed by atoms with Gasteiger partial charge >= 0.3 is 0 Å². The van der Waals surface area contributed by atoms with Crippen LogP contribution in [0.15, 0.2) is 224 Å². The van der Waals surface area contributed by atoms with Crippen molar-refractivity contribution < 1.29 is 0 Å². The van der Waals surface area contributed by atoms with E-state index < -0.39 is 0 Å². The van der Waals surface area contributed by atoms with Crippen LogP contribution in [0.2, 0.25) is 0 Å². The van der Waals surface area contributed by atoms with E-state index in [4.69, 9.17) is 4.98 Å². The third kappa shape index (κ3) is 5.64. The molecule has 3 heteroatoms. The van der Waals surface area contributed by atoms with Crippen LogP contribution in [-0.4, -0.2) is 4.98 Å². The van der Waals surface area contributed by atoms with Crippen molar-refractivity contribution in [3.63, 3.8) is 0 Å². The molecule has 11 aromatic carbocycles. The second kappa shape index (κ2) is 14.2. The van der Waals surface area contributed by atoms with Gasteiger partial charge in [-0.05, 0) is 125 Å². The average molecular weight is 802 g/mol. The topological polar surface area (TPSA) is 28.2 Å². The molecule has 0 aliphatic carbocycles. The van der Waals surface area contributed by atoms with Crippen molar-refractivity contribution in [1.29, 1.82) is 0 Å². The van der Waals surface area contributed by atoms with E-state index in [1.165, 1.54) is 76.4 Å². The number of anilines is 3. The van der Waals surface area contributed by atoms with E-state index in [0.29, 0.717) is 0 Å². The lowest BCUT2D eigenvalue weighted by Crippen LogP contribution is -2.23. The fourth-order valence-electron chi connectivity index (χ4n) is 10.3. The Morgan fingerprint density at radius 1 is 0.365 bits per heavy atom. The molecule has 0 amide bonds. The smallest absolute Gasteiger partial charge is 0.130 e. The highest BCUT2D eigenvalue weighted by atomic mass is 15.3. The highest BCUT2D eigenvalue weighted by Crippen LogP contribution is 2.48. The summed E-state index contributed by atoms with van der Waals surface area (Å²) < 4.78 is 0. The van der Waals surface area contributed by atoms with Gasteiger partial charge in [-0.3, -0.25) is 0 Å². The Balaban J connectivity index is 1.07. The molecule has 1 aliphatic rings. The van der Waals surface area contributed by atoms with Crippen LogP contribution >= 0.6 is 0 Å². The molecular weight excluding hydrogens is 763 g/mol. The summed E-state index contributed by atoms with van der Waals surface area (Å²) in [5, 5.41) is 17.1. The molecule has 63 heavy (non-hydrogen) atoms. The molecule has 0 saturated carbocycles. The third-order valence-electron chi connectivity index (χ3n) is 13.2. The monoisotopic (exact) mass is 801 g/mol. The lowest BCUT2D eigenvalue weighted by Gasteiger charge is -2.27. The normalized spacial score (nSPS) is 13.7. The Morgan fingerprint density at radius 2 is 0.873 bits per heavy atom. The quantitative estimate of drug-likeness (QED) is 0.176. The fourth-order valence-corrected chi connectivity index (χ4v) is 10.3. The number of nitrogens with one attached hydrogen (secondary N) is 1. The van der Waals surface area contributed by atoms with E-state index in [-0.39, 0.29) is 6.17 Å². The van der Waals surface area contributed by atoms with Crippen molar-refractivity contribution in [3.05, 3.63) is 230 Å². The van der Waals surface area contributed by atoms with Crippen LogP contribution in [0.5, 0.6) is 0 Å². The molecule has 1 aliphatic heterocycles. The Hall–Kier alpha value is -8.27. The van der Waals surface area contributed by atoms with E-state index in [9.17, 15) is 0 Å². The van der Waals surface area contributed by atoms with Crippen molar-refractivity contribution in [2.75, 3.05) is 10.2 Å². The summed E-state index contributed by atoms with van der Waals surface area (Å²) in [5.74, 6) is 0. The number of fused-ring (bicyclic) bond motifs is 10. The molecule has 294 valence electrons. The minimum absolute atomic E-state index is 0.0183. The lowest BCUT2D eigenvalue weighted by molar-refractivity contribution is 0.828. The second-order valence-electron chi connectivity index (χ2n) is 16.7. The number of pyridine rings is 1. The molecule has 13 rings (SSSR count). The summed E-state index contributed by atoms with van der Waals surface area (Å²) >= 11 is 0. The van der Waals surface area contributed by atoms with Crippen molar-refractivity contribution >= 4 is 81.8 Å². The van der Waals surface area contributed by atoms with Crippen molar-refractivity contribution in [1.82, 2.24) is 4.98 Å². The molecule has 2 heterocycles. The van der Waals surface area contributed by atoms with Crippen molar-refractivity contribution in [2.24, 2.45) is 0 Å². The van der Waals surface area contributed by atoms with Gasteiger partial charge in [0.1, 0.15) is 6.17 Å². The first-order valence-electron chi connectivity index (χ1n) is 21.7. The molecule has 0 saturated heterocycles. The number of hydrogen-bond donors (Lipinski definition) is 1. The molecule has 1 unspecified atom stereocenters. The van der Waals surface area contributed by atoms with Crippen molar-refractivity contribution in [3.8, 4) is 33.5 Å². The number of rotatable bonds is 5. The summed E-state index contributed by atoms with van der Waals surface area (Å²) in [6.45, 7) is 0. The summed E-state index contributed by atoms with van der Waals surface area (Å²) in [5.41, 5.74) is 12.5. The van der Waals surface area contributed by atoms with E-state index in [1.807, 2.05) is 0 Å². The highest BCUT2D eigenvalue weighted by molar-refractivity contribution is 6.21. The van der Waals surface area contributed by atoms with Gasteiger partial charge in [-0.25, -0.2) is 4.98 Å². The van der Waals surface area contributed by atoms with Gasteiger partial charge in [0.2, 0.25) is 0 Å². The van der Waals surface area contributed by atoms with Gasteiger partial charge in [0.15, 0.2) is 0 Å². The molecular formula is C60H39N3. The molecule has 0 fully saturated rings. The number of aromatic nitrogens is 1. The Morgan fingerprint density at radius 3 is 1.56 bits per heavy atom. The number of para-hydroxylation sites is 2. The molecule has 1 atom stereocenters. The Labute approximate surface area is 365 Å². The zero-order chi connectivity index (χ0) is 41.4. The molecule has 0 bridgehead atoms. The summed E-state index contributed by atoms with van der Waals surface area (Å²) in [7, 11) is 0. The molecule has 12 aromatic rings. The first kappa shape index (κ1) is 35.5. The zero-order valence-corrected chi connectivity index (χ0v) is 34.3. The Kier molecular flexibility index (Phi) is 7.97. The molecule has 1 aromatic heterocycles. The third-order valence-corrected chi connectivity index (χ3v) is 13.2. The SMILES string of the molecule is c1ccc(C2Nc3ccccc3N2c2ccc(-c3cc4c(-c5cc6ccccc6c6ccccc56)cc(-c5cc6ccccc6c6ccccc56)nc4c4ccccc34)cc2)cc1. The van der Waals surface area contributed by atoms with Crippen LogP contribution in [0.3, 0.4) is 0 Å². The highest BCUT2D eigenvalue weighted by Gasteiger charge is 2.31. The van der Waals surface area contributed by atoms with Gasteiger partial charge in [0.25, 0.3) is 0 Å². The van der Waals surface area contributed by atoms with E-state index in [0.717, 1.165) is 44.5 Å². The maximum atomic E-state index is 5.71. The van der Waals surface area contributed by atoms with Gasteiger partial charge in [-0.15, -0.1) is 0 Å². The van der Waals surface area contributed by atoms with Crippen molar-refractivity contribution in [2.45, 2.75) is 6.17 Å². The first-order valence-corrected chi connectivity index (χ1v) is 21.7. The maximum Gasteiger partial charge on any atom is 0.130 e. The molecule has 3 nitrogen and oxygen atoms in total. The van der Waals surface area contributed by atoms with Crippen LogP contribution in [0.25, 0.3) is 98.3 Å². The van der Waals surface area contributed by atoms with E-state index >= 15 is 0 Å². The average Bonchev–Trinajstić information content (AvgIpc) is 3.75. The second-order valence-corrected chi connectivity index (χ2v) is 16.7. The van der Waals surface area contributed by atoms with Crippen LogP contribution in [0.1, 0.15) is 11.7 Å². The standard InChI is InChI=1S/C60H39N3/c1-2-16-39(17-3-1)60-62-56-28-14-15-29-58(56)63(60)42-32-30-38(31-33-42)51-36-55-53(52-34-40-18-4-6-20-43(40)45-22-8-10-24-47(45)52)37-57(61-59(55)50-27-13-12-26-49(50)51)54-35-41-19-5-7-21-44(41)46-23-9-11-25-48(46)54/h1-37,60,62H.